The Hall–Kier alpha value is -2.09. The lowest BCUT2D eigenvalue weighted by molar-refractivity contribution is -0.115. The summed E-state index contributed by atoms with van der Waals surface area (Å²) in [6.07, 6.45) is 0.312. The lowest BCUT2D eigenvalue weighted by atomic mass is 10.3. The molecule has 1 amide bonds. The van der Waals surface area contributed by atoms with Gasteiger partial charge in [0.1, 0.15) is 0 Å². The molecule has 25 heavy (non-hydrogen) atoms. The minimum absolute atomic E-state index is 0.121. The van der Waals surface area contributed by atoms with Gasteiger partial charge in [-0.15, -0.1) is 5.10 Å². The maximum absolute atomic E-state index is 12.0. The van der Waals surface area contributed by atoms with Crippen LogP contribution >= 0.6 is 35.0 Å². The van der Waals surface area contributed by atoms with Crippen LogP contribution in [0.4, 0.5) is 5.69 Å². The first-order chi connectivity index (χ1) is 12.1. The quantitative estimate of drug-likeness (QED) is 0.638. The summed E-state index contributed by atoms with van der Waals surface area (Å²) in [5, 5.41) is 15.9. The van der Waals surface area contributed by atoms with Crippen LogP contribution in [0.5, 0.6) is 0 Å². The molecule has 1 heterocycles. The molecule has 0 aliphatic rings. The number of amides is 1. The van der Waals surface area contributed by atoms with Crippen LogP contribution in [0.1, 0.15) is 6.42 Å². The number of tetrazole rings is 1. The number of aromatic nitrogens is 4. The Labute approximate surface area is 158 Å². The molecule has 0 fully saturated rings. The monoisotopic (exact) mass is 393 g/mol. The number of anilines is 1. The molecule has 0 atom stereocenters. The second-order valence-electron chi connectivity index (χ2n) is 4.98. The largest absolute Gasteiger partial charge is 0.326 e. The van der Waals surface area contributed by atoms with Gasteiger partial charge in [0.25, 0.3) is 0 Å². The van der Waals surface area contributed by atoms with E-state index in [1.54, 1.807) is 22.9 Å². The maximum atomic E-state index is 12.0. The summed E-state index contributed by atoms with van der Waals surface area (Å²) < 4.78 is 1.64. The lowest BCUT2D eigenvalue weighted by Crippen LogP contribution is -2.12. The lowest BCUT2D eigenvalue weighted by Gasteiger charge is -2.06. The molecule has 2 aromatic carbocycles. The van der Waals surface area contributed by atoms with Crippen LogP contribution in [0.2, 0.25) is 10.0 Å². The fourth-order valence-electron chi connectivity index (χ4n) is 2.03. The second-order valence-corrected chi connectivity index (χ2v) is 6.86. The minimum atomic E-state index is -0.121. The van der Waals surface area contributed by atoms with E-state index in [2.05, 4.69) is 20.8 Å². The number of halogens is 2. The van der Waals surface area contributed by atoms with Crippen molar-refractivity contribution in [1.82, 2.24) is 20.2 Å². The summed E-state index contributed by atoms with van der Waals surface area (Å²) in [4.78, 5) is 12.0. The normalized spacial score (nSPS) is 10.6. The average molecular weight is 394 g/mol. The van der Waals surface area contributed by atoms with Crippen molar-refractivity contribution in [2.24, 2.45) is 0 Å². The highest BCUT2D eigenvalue weighted by molar-refractivity contribution is 7.99. The van der Waals surface area contributed by atoms with Gasteiger partial charge in [-0.05, 0) is 40.8 Å². The van der Waals surface area contributed by atoms with E-state index in [0.29, 0.717) is 33.1 Å². The number of hydrogen-bond donors (Lipinski definition) is 1. The zero-order chi connectivity index (χ0) is 17.6. The van der Waals surface area contributed by atoms with E-state index < -0.39 is 0 Å². The molecule has 3 aromatic rings. The first kappa shape index (κ1) is 17.7. The van der Waals surface area contributed by atoms with Gasteiger partial charge >= 0.3 is 0 Å². The summed E-state index contributed by atoms with van der Waals surface area (Å²) in [6, 6.07) is 14.5. The van der Waals surface area contributed by atoms with E-state index in [4.69, 9.17) is 23.2 Å². The molecule has 1 aromatic heterocycles. The topological polar surface area (TPSA) is 72.7 Å². The number of carbonyl (C=O) groups excluding carboxylic acids is 1. The fraction of sp³-hybridized carbons (Fsp3) is 0.125. The van der Waals surface area contributed by atoms with Gasteiger partial charge in [0.15, 0.2) is 0 Å². The molecule has 0 aliphatic carbocycles. The Bertz CT molecular complexity index is 872. The van der Waals surface area contributed by atoms with E-state index in [-0.39, 0.29) is 5.91 Å². The van der Waals surface area contributed by atoms with Gasteiger partial charge in [-0.2, -0.15) is 4.68 Å². The fourth-order valence-corrected chi connectivity index (χ4v) is 3.16. The predicted molar refractivity (Wildman–Crippen MR) is 99.6 cm³/mol. The second kappa shape index (κ2) is 8.33. The van der Waals surface area contributed by atoms with E-state index in [1.807, 2.05) is 30.3 Å². The van der Waals surface area contributed by atoms with Gasteiger partial charge < -0.3 is 5.32 Å². The maximum Gasteiger partial charge on any atom is 0.225 e. The Kier molecular flexibility index (Phi) is 5.91. The number of benzene rings is 2. The Morgan fingerprint density at radius 2 is 1.92 bits per heavy atom. The van der Waals surface area contributed by atoms with E-state index in [1.165, 1.54) is 11.8 Å². The van der Waals surface area contributed by atoms with Crippen molar-refractivity contribution in [3.8, 4) is 5.69 Å². The van der Waals surface area contributed by atoms with E-state index in [0.717, 1.165) is 5.69 Å². The van der Waals surface area contributed by atoms with Crippen LogP contribution in [-0.2, 0) is 4.79 Å². The van der Waals surface area contributed by atoms with Crippen molar-refractivity contribution in [3.05, 3.63) is 58.6 Å². The highest BCUT2D eigenvalue weighted by Gasteiger charge is 2.10. The first-order valence-corrected chi connectivity index (χ1v) is 9.09. The molecule has 0 bridgehead atoms. The number of thioether (sulfide) groups is 1. The molecule has 1 N–H and O–H groups in total. The smallest absolute Gasteiger partial charge is 0.225 e. The summed E-state index contributed by atoms with van der Waals surface area (Å²) >= 11 is 13.2. The summed E-state index contributed by atoms with van der Waals surface area (Å²) in [5.74, 6) is 0.421. The van der Waals surface area contributed by atoms with Crippen molar-refractivity contribution < 1.29 is 4.79 Å². The Morgan fingerprint density at radius 1 is 1.12 bits per heavy atom. The highest BCUT2D eigenvalue weighted by atomic mass is 35.5. The molecule has 128 valence electrons. The molecule has 0 saturated carbocycles. The summed E-state index contributed by atoms with van der Waals surface area (Å²) in [7, 11) is 0. The Balaban J connectivity index is 1.54. The highest BCUT2D eigenvalue weighted by Crippen LogP contribution is 2.25. The number of nitrogens with zero attached hydrogens (tertiary/aromatic N) is 4. The zero-order valence-corrected chi connectivity index (χ0v) is 15.2. The van der Waals surface area contributed by atoms with Gasteiger partial charge in [0.05, 0.1) is 15.7 Å². The molecule has 0 radical (unpaired) electrons. The number of hydrogen-bond acceptors (Lipinski definition) is 5. The molecule has 0 saturated heterocycles. The van der Waals surface area contributed by atoms with Crippen LogP contribution in [0, 0.1) is 0 Å². The van der Waals surface area contributed by atoms with E-state index in [9.17, 15) is 4.79 Å². The van der Waals surface area contributed by atoms with Crippen LogP contribution in [0.3, 0.4) is 0 Å². The third-order valence-corrected chi connectivity index (χ3v) is 4.87. The van der Waals surface area contributed by atoms with Crippen LogP contribution < -0.4 is 5.32 Å². The van der Waals surface area contributed by atoms with Crippen molar-refractivity contribution in [2.75, 3.05) is 11.1 Å². The third-order valence-electron chi connectivity index (χ3n) is 3.21. The first-order valence-electron chi connectivity index (χ1n) is 7.35. The van der Waals surface area contributed by atoms with E-state index >= 15 is 0 Å². The van der Waals surface area contributed by atoms with Gasteiger partial charge in [-0.25, -0.2) is 0 Å². The van der Waals surface area contributed by atoms with Crippen LogP contribution in [0.25, 0.3) is 5.69 Å². The standard InChI is InChI=1S/C16H13Cl2N5OS/c17-13-7-6-11(10-14(13)18)19-15(24)8-9-25-16-20-21-22-23(16)12-4-2-1-3-5-12/h1-7,10H,8-9H2,(H,19,24). The number of nitrogens with one attached hydrogen (secondary N) is 1. The molecule has 6 nitrogen and oxygen atoms in total. The van der Waals surface area contributed by atoms with Crippen molar-refractivity contribution >= 4 is 46.6 Å². The van der Waals surface area contributed by atoms with Gasteiger partial charge in [0, 0.05) is 17.9 Å². The van der Waals surface area contributed by atoms with Crippen LogP contribution in [-0.4, -0.2) is 31.9 Å². The van der Waals surface area contributed by atoms with Crippen molar-refractivity contribution in [3.63, 3.8) is 0 Å². The van der Waals surface area contributed by atoms with Crippen molar-refractivity contribution in [2.45, 2.75) is 11.6 Å². The molecule has 3 rings (SSSR count). The molecular weight excluding hydrogens is 381 g/mol. The van der Waals surface area contributed by atoms with Gasteiger partial charge in [-0.3, -0.25) is 4.79 Å². The predicted octanol–water partition coefficient (Wildman–Crippen LogP) is 4.09. The van der Waals surface area contributed by atoms with Crippen molar-refractivity contribution in [1.29, 1.82) is 0 Å². The van der Waals surface area contributed by atoms with Crippen LogP contribution in [0.15, 0.2) is 53.7 Å². The molecule has 9 heteroatoms. The Morgan fingerprint density at radius 3 is 2.68 bits per heavy atom. The molecular formula is C16H13Cl2N5OS. The molecule has 0 unspecified atom stereocenters. The third kappa shape index (κ3) is 4.72. The number of carbonyl (C=O) groups is 1. The minimum Gasteiger partial charge on any atom is -0.326 e. The zero-order valence-electron chi connectivity index (χ0n) is 12.9. The number of para-hydroxylation sites is 1. The number of rotatable bonds is 6. The molecule has 0 aliphatic heterocycles. The molecule has 0 spiro atoms. The average Bonchev–Trinajstić information content (AvgIpc) is 3.07. The SMILES string of the molecule is O=C(CCSc1nnnn1-c1ccccc1)Nc1ccc(Cl)c(Cl)c1. The van der Waals surface area contributed by atoms with Gasteiger partial charge in [-0.1, -0.05) is 53.2 Å². The summed E-state index contributed by atoms with van der Waals surface area (Å²) in [6.45, 7) is 0. The summed E-state index contributed by atoms with van der Waals surface area (Å²) in [5.41, 5.74) is 1.48. The van der Waals surface area contributed by atoms with Gasteiger partial charge in [0.2, 0.25) is 11.1 Å².